The van der Waals surface area contributed by atoms with Crippen molar-refractivity contribution in [3.63, 3.8) is 0 Å². The van der Waals surface area contributed by atoms with Gasteiger partial charge in [0.05, 0.1) is 11.2 Å². The quantitative estimate of drug-likeness (QED) is 0.693. The Bertz CT molecular complexity index is 801. The van der Waals surface area contributed by atoms with E-state index < -0.39 is 0 Å². The Morgan fingerprint density at radius 1 is 1.19 bits per heavy atom. The van der Waals surface area contributed by atoms with Crippen LogP contribution in [0.25, 0.3) is 11.0 Å². The number of H-pyrrole nitrogens is 1. The Morgan fingerprint density at radius 2 is 2.00 bits per heavy atom. The van der Waals surface area contributed by atoms with Gasteiger partial charge in [0.25, 0.3) is 0 Å². The van der Waals surface area contributed by atoms with Crippen LogP contribution in [0.4, 0.5) is 5.69 Å². The number of nitrogens with two attached hydrogens (primary N) is 1. The summed E-state index contributed by atoms with van der Waals surface area (Å²) in [6.45, 7) is 1.90. The van der Waals surface area contributed by atoms with Crippen LogP contribution in [-0.2, 0) is 0 Å². The summed E-state index contributed by atoms with van der Waals surface area (Å²) in [7, 11) is 0. The summed E-state index contributed by atoms with van der Waals surface area (Å²) < 4.78 is 5.83. The number of anilines is 1. The van der Waals surface area contributed by atoms with Crippen molar-refractivity contribution in [2.24, 2.45) is 0 Å². The van der Waals surface area contributed by atoms with E-state index in [9.17, 15) is 0 Å². The van der Waals surface area contributed by atoms with Gasteiger partial charge < -0.3 is 15.5 Å². The topological polar surface area (TPSA) is 63.9 Å². The van der Waals surface area contributed by atoms with Crippen LogP contribution in [0.5, 0.6) is 5.75 Å². The fourth-order valence-electron chi connectivity index (χ4n) is 2.12. The number of rotatable bonds is 3. The molecule has 3 rings (SSSR count). The van der Waals surface area contributed by atoms with E-state index in [-0.39, 0.29) is 6.10 Å². The average molecular weight is 322 g/mol. The Balaban J connectivity index is 1.91. The van der Waals surface area contributed by atoms with Gasteiger partial charge in [0.2, 0.25) is 0 Å². The molecule has 0 saturated carbocycles. The van der Waals surface area contributed by atoms with Crippen molar-refractivity contribution < 1.29 is 4.74 Å². The molecule has 3 N–H and O–H groups in total. The molecule has 2 aromatic carbocycles. The van der Waals surface area contributed by atoms with E-state index in [0.29, 0.717) is 32.8 Å². The van der Waals surface area contributed by atoms with Crippen molar-refractivity contribution >= 4 is 39.9 Å². The van der Waals surface area contributed by atoms with E-state index in [1.165, 1.54) is 0 Å². The number of aromatic amines is 1. The Morgan fingerprint density at radius 3 is 2.76 bits per heavy atom. The molecule has 0 bridgehead atoms. The molecule has 1 aromatic heterocycles. The lowest BCUT2D eigenvalue weighted by Gasteiger charge is -2.12. The maximum atomic E-state index is 5.99. The first-order chi connectivity index (χ1) is 10.0. The molecular formula is C15H13Cl2N3O. The molecule has 0 aliphatic carbocycles. The number of benzene rings is 2. The molecule has 0 aliphatic rings. The first-order valence-electron chi connectivity index (χ1n) is 6.40. The van der Waals surface area contributed by atoms with Gasteiger partial charge in [-0.15, -0.1) is 0 Å². The number of nitrogen functional groups attached to an aromatic ring is 1. The van der Waals surface area contributed by atoms with Crippen LogP contribution in [-0.4, -0.2) is 9.97 Å². The second-order valence-corrected chi connectivity index (χ2v) is 5.60. The van der Waals surface area contributed by atoms with Crippen molar-refractivity contribution in [2.45, 2.75) is 13.0 Å². The maximum Gasteiger partial charge on any atom is 0.153 e. The molecule has 1 atom stereocenters. The predicted molar refractivity (Wildman–Crippen MR) is 86.0 cm³/mol. The normalized spacial score (nSPS) is 12.5. The van der Waals surface area contributed by atoms with E-state index in [2.05, 4.69) is 9.97 Å². The van der Waals surface area contributed by atoms with Gasteiger partial charge in [0.15, 0.2) is 6.10 Å². The standard InChI is InChI=1S/C15H13Cl2N3O/c1-8(21-11-4-2-3-9(16)5-11)15-19-13-7-10(17)6-12(18)14(13)20-15/h2-8H,18H2,1H3,(H,19,20). The molecule has 4 nitrogen and oxygen atoms in total. The van der Waals surface area contributed by atoms with Crippen LogP contribution in [0.1, 0.15) is 18.9 Å². The van der Waals surface area contributed by atoms with E-state index in [1.54, 1.807) is 24.3 Å². The van der Waals surface area contributed by atoms with Crippen molar-refractivity contribution in [1.82, 2.24) is 9.97 Å². The number of aromatic nitrogens is 2. The van der Waals surface area contributed by atoms with E-state index in [1.807, 2.05) is 19.1 Å². The molecule has 0 radical (unpaired) electrons. The number of halogens is 2. The van der Waals surface area contributed by atoms with E-state index in [4.69, 9.17) is 33.7 Å². The highest BCUT2D eigenvalue weighted by atomic mass is 35.5. The largest absolute Gasteiger partial charge is 0.483 e. The number of nitrogens with zero attached hydrogens (tertiary/aromatic N) is 1. The molecule has 108 valence electrons. The molecule has 1 heterocycles. The highest BCUT2D eigenvalue weighted by Gasteiger charge is 2.14. The van der Waals surface area contributed by atoms with Gasteiger partial charge in [-0.25, -0.2) is 4.98 Å². The zero-order chi connectivity index (χ0) is 15.0. The van der Waals surface area contributed by atoms with Gasteiger partial charge in [0, 0.05) is 10.0 Å². The minimum Gasteiger partial charge on any atom is -0.483 e. The summed E-state index contributed by atoms with van der Waals surface area (Å²) in [5, 5.41) is 1.19. The third-order valence-corrected chi connectivity index (χ3v) is 3.55. The average Bonchev–Trinajstić information content (AvgIpc) is 2.83. The van der Waals surface area contributed by atoms with Crippen LogP contribution in [0, 0.1) is 0 Å². The Labute approximate surface area is 131 Å². The third-order valence-electron chi connectivity index (χ3n) is 3.09. The highest BCUT2D eigenvalue weighted by Crippen LogP contribution is 2.28. The Kier molecular flexibility index (Phi) is 3.66. The summed E-state index contributed by atoms with van der Waals surface area (Å²) in [6, 6.07) is 10.7. The van der Waals surface area contributed by atoms with E-state index >= 15 is 0 Å². The lowest BCUT2D eigenvalue weighted by molar-refractivity contribution is 0.218. The van der Waals surface area contributed by atoms with Crippen LogP contribution in [0.2, 0.25) is 10.0 Å². The van der Waals surface area contributed by atoms with Gasteiger partial charge in [-0.2, -0.15) is 0 Å². The third kappa shape index (κ3) is 2.91. The zero-order valence-corrected chi connectivity index (χ0v) is 12.7. The molecule has 6 heteroatoms. The van der Waals surface area contributed by atoms with Crippen molar-refractivity contribution in [2.75, 3.05) is 5.73 Å². The number of fused-ring (bicyclic) bond motifs is 1. The summed E-state index contributed by atoms with van der Waals surface area (Å²) in [4.78, 5) is 7.65. The zero-order valence-electron chi connectivity index (χ0n) is 11.2. The first-order valence-corrected chi connectivity index (χ1v) is 7.15. The number of ether oxygens (including phenoxy) is 1. The van der Waals surface area contributed by atoms with Gasteiger partial charge in [-0.05, 0) is 37.3 Å². The van der Waals surface area contributed by atoms with Gasteiger partial charge in [0.1, 0.15) is 17.1 Å². The lowest BCUT2D eigenvalue weighted by atomic mass is 10.3. The molecule has 0 aliphatic heterocycles. The van der Waals surface area contributed by atoms with Gasteiger partial charge in [-0.3, -0.25) is 0 Å². The van der Waals surface area contributed by atoms with Crippen molar-refractivity contribution in [1.29, 1.82) is 0 Å². The predicted octanol–water partition coefficient (Wildman–Crippen LogP) is 4.59. The van der Waals surface area contributed by atoms with Crippen molar-refractivity contribution in [3.8, 4) is 5.75 Å². The SMILES string of the molecule is CC(Oc1cccc(Cl)c1)c1nc2c(N)cc(Cl)cc2[nH]1. The first kappa shape index (κ1) is 14.0. The minimum absolute atomic E-state index is 0.269. The van der Waals surface area contributed by atoms with Crippen LogP contribution in [0.3, 0.4) is 0 Å². The molecular weight excluding hydrogens is 309 g/mol. The fourth-order valence-corrected chi connectivity index (χ4v) is 2.53. The molecule has 0 spiro atoms. The highest BCUT2D eigenvalue weighted by molar-refractivity contribution is 6.31. The molecule has 0 saturated heterocycles. The second-order valence-electron chi connectivity index (χ2n) is 4.73. The minimum atomic E-state index is -0.269. The van der Waals surface area contributed by atoms with Crippen molar-refractivity contribution in [3.05, 3.63) is 52.3 Å². The molecule has 0 fully saturated rings. The van der Waals surface area contributed by atoms with Crippen LogP contribution < -0.4 is 10.5 Å². The second kappa shape index (κ2) is 5.47. The van der Waals surface area contributed by atoms with Crippen LogP contribution >= 0.6 is 23.2 Å². The smallest absolute Gasteiger partial charge is 0.153 e. The maximum absolute atomic E-state index is 5.99. The molecule has 21 heavy (non-hydrogen) atoms. The number of nitrogens with one attached hydrogen (secondary N) is 1. The summed E-state index contributed by atoms with van der Waals surface area (Å²) in [5.74, 6) is 1.36. The Hall–Kier alpha value is -1.91. The van der Waals surface area contributed by atoms with Gasteiger partial charge >= 0.3 is 0 Å². The van der Waals surface area contributed by atoms with Gasteiger partial charge in [-0.1, -0.05) is 29.3 Å². The monoisotopic (exact) mass is 321 g/mol. The number of hydrogen-bond donors (Lipinski definition) is 2. The lowest BCUT2D eigenvalue weighted by Crippen LogP contribution is -2.04. The summed E-state index contributed by atoms with van der Waals surface area (Å²) in [6.07, 6.45) is -0.269. The van der Waals surface area contributed by atoms with E-state index in [0.717, 1.165) is 5.52 Å². The molecule has 1 unspecified atom stereocenters. The summed E-state index contributed by atoms with van der Waals surface area (Å²) >= 11 is 11.9. The summed E-state index contributed by atoms with van der Waals surface area (Å²) in [5.41, 5.74) is 7.93. The molecule has 0 amide bonds. The fraction of sp³-hybridized carbons (Fsp3) is 0.133. The van der Waals surface area contributed by atoms with Crippen LogP contribution in [0.15, 0.2) is 36.4 Å². The number of hydrogen-bond acceptors (Lipinski definition) is 3. The molecule has 3 aromatic rings. The number of imidazole rings is 1.